The van der Waals surface area contributed by atoms with Gasteiger partial charge in [0, 0.05) is 6.20 Å². The number of ether oxygens (including phenoxy) is 1. The first-order valence-electron chi connectivity index (χ1n) is 5.26. The van der Waals surface area contributed by atoms with Crippen molar-refractivity contribution in [3.05, 3.63) is 12.3 Å². The highest BCUT2D eigenvalue weighted by Gasteiger charge is 2.36. The summed E-state index contributed by atoms with van der Waals surface area (Å²) in [5, 5.41) is 16.2. The fourth-order valence-corrected chi connectivity index (χ4v) is 1.49. The average molecular weight is 240 g/mol. The molecule has 0 aromatic heterocycles. The minimum absolute atomic E-state index is 0.115. The molecule has 0 aromatic rings. The zero-order chi connectivity index (χ0) is 13.1. The second-order valence-electron chi connectivity index (χ2n) is 4.97. The molecule has 0 radical (unpaired) electrons. The minimum Gasteiger partial charge on any atom is -0.481 e. The van der Waals surface area contributed by atoms with Gasteiger partial charge < -0.3 is 9.84 Å². The fourth-order valence-electron chi connectivity index (χ4n) is 1.49. The fraction of sp³-hybridized carbons (Fsp3) is 0.636. The van der Waals surface area contributed by atoms with Crippen LogP contribution in [-0.2, 0) is 14.3 Å². The Bertz CT molecular complexity index is 367. The topological polar surface area (TPSA) is 88.3 Å². The van der Waals surface area contributed by atoms with E-state index in [-0.39, 0.29) is 12.8 Å². The van der Waals surface area contributed by atoms with Crippen molar-refractivity contribution in [3.63, 3.8) is 0 Å². The molecule has 1 aliphatic heterocycles. The Morgan fingerprint density at radius 2 is 2.00 bits per heavy atom. The number of hydrogen-bond acceptors (Lipinski definition) is 5. The quantitative estimate of drug-likeness (QED) is 0.760. The van der Waals surface area contributed by atoms with Crippen LogP contribution in [0.2, 0.25) is 0 Å². The Labute approximate surface area is 99.4 Å². The molecule has 6 nitrogen and oxygen atoms in total. The number of carbonyl (C=O) groups excluding carboxylic acids is 1. The summed E-state index contributed by atoms with van der Waals surface area (Å²) in [4.78, 5) is 22.4. The van der Waals surface area contributed by atoms with Crippen LogP contribution >= 0.6 is 0 Å². The molecule has 1 aliphatic rings. The van der Waals surface area contributed by atoms with Crippen LogP contribution in [0.5, 0.6) is 0 Å². The Balaban J connectivity index is 2.69. The predicted octanol–water partition coefficient (Wildman–Crippen LogP) is 1.91. The molecule has 6 heteroatoms. The summed E-state index contributed by atoms with van der Waals surface area (Å²) < 4.78 is 5.14. The largest absolute Gasteiger partial charge is 0.481 e. The van der Waals surface area contributed by atoms with Gasteiger partial charge in [0.05, 0.1) is 12.8 Å². The van der Waals surface area contributed by atoms with E-state index in [1.165, 1.54) is 12.3 Å². The van der Waals surface area contributed by atoms with Crippen molar-refractivity contribution in [2.75, 3.05) is 0 Å². The number of carbonyl (C=O) groups is 2. The molecule has 0 aliphatic carbocycles. The van der Waals surface area contributed by atoms with E-state index >= 15 is 0 Å². The Hall–Kier alpha value is -1.72. The van der Waals surface area contributed by atoms with Crippen molar-refractivity contribution < 1.29 is 19.4 Å². The lowest BCUT2D eigenvalue weighted by molar-refractivity contribution is -0.156. The molecule has 0 bridgehead atoms. The van der Waals surface area contributed by atoms with Crippen molar-refractivity contribution in [3.8, 4) is 0 Å². The predicted molar refractivity (Wildman–Crippen MR) is 59.4 cm³/mol. The smallest absolute Gasteiger partial charge is 0.309 e. The molecule has 0 saturated carbocycles. The molecule has 0 amide bonds. The van der Waals surface area contributed by atoms with Crippen LogP contribution in [0.4, 0.5) is 0 Å². The molecule has 1 atom stereocenters. The van der Waals surface area contributed by atoms with Crippen LogP contribution in [0, 0.1) is 0 Å². The molecule has 1 unspecified atom stereocenters. The molecule has 1 N–H and O–H groups in total. The maximum absolute atomic E-state index is 11.7. The Kier molecular flexibility index (Phi) is 3.65. The van der Waals surface area contributed by atoms with E-state index < -0.39 is 23.1 Å². The maximum Gasteiger partial charge on any atom is 0.309 e. The van der Waals surface area contributed by atoms with Crippen LogP contribution in [0.3, 0.4) is 0 Å². The molecule has 17 heavy (non-hydrogen) atoms. The van der Waals surface area contributed by atoms with Crippen LogP contribution in [-0.4, -0.2) is 28.2 Å². The summed E-state index contributed by atoms with van der Waals surface area (Å²) in [7, 11) is 0. The van der Waals surface area contributed by atoms with E-state index in [9.17, 15) is 9.59 Å². The van der Waals surface area contributed by atoms with Gasteiger partial charge in [0.2, 0.25) is 0 Å². The monoisotopic (exact) mass is 240 g/mol. The molecule has 0 spiro atoms. The van der Waals surface area contributed by atoms with Gasteiger partial charge in [-0.1, -0.05) is 0 Å². The molecule has 94 valence electrons. The van der Waals surface area contributed by atoms with Gasteiger partial charge in [-0.2, -0.15) is 10.2 Å². The third-order valence-corrected chi connectivity index (χ3v) is 2.04. The first-order chi connectivity index (χ1) is 7.72. The maximum atomic E-state index is 11.7. The van der Waals surface area contributed by atoms with Crippen LogP contribution in [0.25, 0.3) is 0 Å². The minimum atomic E-state index is -1.09. The van der Waals surface area contributed by atoms with E-state index in [4.69, 9.17) is 9.84 Å². The highest BCUT2D eigenvalue weighted by molar-refractivity contribution is 5.75. The van der Waals surface area contributed by atoms with Gasteiger partial charge in [0.15, 0.2) is 0 Å². The lowest BCUT2D eigenvalue weighted by atomic mass is 9.92. The van der Waals surface area contributed by atoms with Crippen LogP contribution in [0.15, 0.2) is 22.5 Å². The molecule has 0 saturated heterocycles. The van der Waals surface area contributed by atoms with Gasteiger partial charge in [0.25, 0.3) is 0 Å². The van der Waals surface area contributed by atoms with Crippen LogP contribution in [0.1, 0.15) is 33.6 Å². The van der Waals surface area contributed by atoms with E-state index in [1.54, 1.807) is 20.8 Å². The van der Waals surface area contributed by atoms with Crippen molar-refractivity contribution in [1.82, 2.24) is 0 Å². The SMILES string of the molecule is CC(C)(C)OC(=O)CC1(CC(=O)O)C=CN=N1. The van der Waals surface area contributed by atoms with Gasteiger partial charge in [0.1, 0.15) is 11.1 Å². The number of carboxylic acids is 1. The zero-order valence-corrected chi connectivity index (χ0v) is 10.1. The lowest BCUT2D eigenvalue weighted by Gasteiger charge is -2.24. The van der Waals surface area contributed by atoms with Gasteiger partial charge in [-0.15, -0.1) is 0 Å². The number of nitrogens with zero attached hydrogens (tertiary/aromatic N) is 2. The van der Waals surface area contributed by atoms with E-state index in [0.29, 0.717) is 0 Å². The van der Waals surface area contributed by atoms with E-state index in [1.807, 2.05) is 0 Å². The summed E-state index contributed by atoms with van der Waals surface area (Å²) in [6.45, 7) is 5.25. The summed E-state index contributed by atoms with van der Waals surface area (Å²) in [6, 6.07) is 0. The van der Waals surface area contributed by atoms with Gasteiger partial charge in [-0.3, -0.25) is 9.59 Å². The summed E-state index contributed by atoms with van der Waals surface area (Å²) >= 11 is 0. The normalized spacial score (nSPS) is 22.8. The van der Waals surface area contributed by atoms with Crippen molar-refractivity contribution in [1.29, 1.82) is 0 Å². The van der Waals surface area contributed by atoms with E-state index in [0.717, 1.165) is 0 Å². The van der Waals surface area contributed by atoms with E-state index in [2.05, 4.69) is 10.2 Å². The molecule has 0 aromatic carbocycles. The summed E-state index contributed by atoms with van der Waals surface area (Å²) in [5.41, 5.74) is -1.69. The number of rotatable bonds is 4. The second kappa shape index (κ2) is 4.65. The number of esters is 1. The number of carboxylic acid groups (broad SMARTS) is 1. The first kappa shape index (κ1) is 13.3. The Morgan fingerprint density at radius 3 is 2.41 bits per heavy atom. The Morgan fingerprint density at radius 1 is 1.35 bits per heavy atom. The number of azo groups is 1. The highest BCUT2D eigenvalue weighted by atomic mass is 16.6. The zero-order valence-electron chi connectivity index (χ0n) is 10.1. The number of aliphatic carboxylic acids is 1. The van der Waals surface area contributed by atoms with Gasteiger partial charge in [-0.05, 0) is 26.8 Å². The third kappa shape index (κ3) is 4.34. The third-order valence-electron chi connectivity index (χ3n) is 2.04. The highest BCUT2D eigenvalue weighted by Crippen LogP contribution is 2.28. The average Bonchev–Trinajstić information content (AvgIpc) is 2.47. The molecule has 0 fully saturated rings. The van der Waals surface area contributed by atoms with Crippen molar-refractivity contribution >= 4 is 11.9 Å². The lowest BCUT2D eigenvalue weighted by Crippen LogP contribution is -2.33. The molecular formula is C11H16N2O4. The molecule has 1 rings (SSSR count). The van der Waals surface area contributed by atoms with Crippen molar-refractivity contribution in [2.45, 2.75) is 44.8 Å². The van der Waals surface area contributed by atoms with Crippen molar-refractivity contribution in [2.24, 2.45) is 10.2 Å². The first-order valence-corrected chi connectivity index (χ1v) is 5.26. The summed E-state index contributed by atoms with van der Waals surface area (Å²) in [6.07, 6.45) is 2.53. The standard InChI is InChI=1S/C11H16N2O4/c1-10(2,3)17-9(16)7-11(6-8(14)15)4-5-12-13-11/h4-5H,6-7H2,1-3H3,(H,14,15). The summed E-state index contributed by atoms with van der Waals surface area (Å²) in [5.74, 6) is -1.51. The number of hydrogen-bond donors (Lipinski definition) is 1. The van der Waals surface area contributed by atoms with Crippen LogP contribution < -0.4 is 0 Å². The molecule has 1 heterocycles. The molecular weight excluding hydrogens is 224 g/mol. The second-order valence-corrected chi connectivity index (χ2v) is 4.97. The van der Waals surface area contributed by atoms with Gasteiger partial charge >= 0.3 is 11.9 Å². The van der Waals surface area contributed by atoms with Gasteiger partial charge in [-0.25, -0.2) is 0 Å².